The van der Waals surface area contributed by atoms with Crippen LogP contribution in [0.5, 0.6) is 0 Å². The van der Waals surface area contributed by atoms with Crippen molar-refractivity contribution in [1.29, 1.82) is 0 Å². The lowest BCUT2D eigenvalue weighted by molar-refractivity contribution is 0.481. The Morgan fingerprint density at radius 1 is 1.17 bits per heavy atom. The molecule has 0 aromatic heterocycles. The Labute approximate surface area is 76.1 Å². The molecule has 0 heterocycles. The van der Waals surface area contributed by atoms with Crippen molar-refractivity contribution in [2.24, 2.45) is 11.5 Å². The molecule has 0 aromatic carbocycles. The molecule has 72 valence electrons. The van der Waals surface area contributed by atoms with E-state index in [1.165, 1.54) is 0 Å². The van der Waals surface area contributed by atoms with Gasteiger partial charge < -0.3 is 11.5 Å². The van der Waals surface area contributed by atoms with E-state index in [2.05, 4.69) is 0 Å². The molecule has 0 aliphatic carbocycles. The second kappa shape index (κ2) is 6.53. The molecular weight excluding hydrogens is 171 g/mol. The first kappa shape index (κ1) is 12.0. The highest BCUT2D eigenvalue weighted by atomic mass is 31.1. The predicted molar refractivity (Wildman–Crippen MR) is 52.6 cm³/mol. The molecule has 0 unspecified atom stereocenters. The summed E-state index contributed by atoms with van der Waals surface area (Å²) in [5.41, 5.74) is 10.8. The maximum absolute atomic E-state index is 10.9. The molecule has 4 N–H and O–H groups in total. The Kier molecular flexibility index (Phi) is 6.54. The minimum atomic E-state index is -0.0985. The van der Waals surface area contributed by atoms with Crippen molar-refractivity contribution in [1.82, 2.24) is 0 Å². The van der Waals surface area contributed by atoms with Gasteiger partial charge in [0.25, 0.3) is 0 Å². The van der Waals surface area contributed by atoms with E-state index in [9.17, 15) is 4.57 Å². The first-order chi connectivity index (χ1) is 5.68. The standard InChI is InChI=1S/C8H19N2OP/c1-8(12-11,4-2-6-9)5-3-7-10/h2-7,9-10H2,1H3. The van der Waals surface area contributed by atoms with Crippen molar-refractivity contribution in [3.63, 3.8) is 0 Å². The molecule has 3 nitrogen and oxygen atoms in total. The van der Waals surface area contributed by atoms with Crippen molar-refractivity contribution in [3.8, 4) is 0 Å². The van der Waals surface area contributed by atoms with Gasteiger partial charge in [-0.3, -0.25) is 4.57 Å². The van der Waals surface area contributed by atoms with Crippen LogP contribution in [-0.2, 0) is 4.57 Å². The highest BCUT2D eigenvalue weighted by Crippen LogP contribution is 2.32. The molecular formula is C8H19N2OP. The molecule has 0 aromatic rings. The molecule has 0 aliphatic heterocycles. The van der Waals surface area contributed by atoms with Gasteiger partial charge in [0.15, 0.2) is 8.46 Å². The Hall–Kier alpha value is 0.0200. The summed E-state index contributed by atoms with van der Waals surface area (Å²) in [5, 5.41) is -0.0985. The van der Waals surface area contributed by atoms with Crippen molar-refractivity contribution in [2.45, 2.75) is 37.8 Å². The fourth-order valence-corrected chi connectivity index (χ4v) is 1.68. The van der Waals surface area contributed by atoms with E-state index >= 15 is 0 Å². The molecule has 0 fully saturated rings. The van der Waals surface area contributed by atoms with Crippen molar-refractivity contribution in [3.05, 3.63) is 0 Å². The Morgan fingerprint density at radius 3 is 1.83 bits per heavy atom. The first-order valence-electron chi connectivity index (χ1n) is 4.43. The zero-order valence-corrected chi connectivity index (χ0v) is 8.65. The third-order valence-corrected chi connectivity index (χ3v) is 2.95. The minimum absolute atomic E-state index is 0.0985. The molecule has 0 rings (SSSR count). The smallest absolute Gasteiger partial charge is 0.161 e. The molecule has 0 atom stereocenters. The fourth-order valence-electron chi connectivity index (χ4n) is 1.18. The topological polar surface area (TPSA) is 69.1 Å². The molecule has 4 heteroatoms. The minimum Gasteiger partial charge on any atom is -0.330 e. The highest BCUT2D eigenvalue weighted by molar-refractivity contribution is 7.25. The Bertz CT molecular complexity index is 122. The van der Waals surface area contributed by atoms with Crippen LogP contribution in [0.3, 0.4) is 0 Å². The second-order valence-electron chi connectivity index (χ2n) is 3.37. The van der Waals surface area contributed by atoms with E-state index < -0.39 is 0 Å². The van der Waals surface area contributed by atoms with Gasteiger partial charge in [0.2, 0.25) is 0 Å². The highest BCUT2D eigenvalue weighted by Gasteiger charge is 2.23. The van der Waals surface area contributed by atoms with Crippen molar-refractivity contribution >= 4 is 8.46 Å². The van der Waals surface area contributed by atoms with Crippen LogP contribution >= 0.6 is 8.46 Å². The van der Waals surface area contributed by atoms with E-state index in [1.807, 2.05) is 6.92 Å². The van der Waals surface area contributed by atoms with Gasteiger partial charge in [-0.05, 0) is 45.7 Å². The molecule has 0 saturated heterocycles. The van der Waals surface area contributed by atoms with E-state index in [0.29, 0.717) is 13.1 Å². The monoisotopic (exact) mass is 190 g/mol. The normalized spacial score (nSPS) is 12.2. The summed E-state index contributed by atoms with van der Waals surface area (Å²) in [4.78, 5) is 0. The quantitative estimate of drug-likeness (QED) is 0.598. The zero-order valence-electron chi connectivity index (χ0n) is 7.75. The third-order valence-electron chi connectivity index (χ3n) is 2.06. The molecule has 0 amide bonds. The van der Waals surface area contributed by atoms with Crippen LogP contribution in [0, 0.1) is 0 Å². The summed E-state index contributed by atoms with van der Waals surface area (Å²) in [6.07, 6.45) is 3.73. The summed E-state index contributed by atoms with van der Waals surface area (Å²) < 4.78 is 10.9. The summed E-state index contributed by atoms with van der Waals surface area (Å²) in [6, 6.07) is 0. The zero-order chi connectivity index (χ0) is 9.45. The summed E-state index contributed by atoms with van der Waals surface area (Å²) in [7, 11) is 0.226. The van der Waals surface area contributed by atoms with E-state index in [1.54, 1.807) is 0 Å². The Balaban J connectivity index is 3.78. The molecule has 0 radical (unpaired) electrons. The fraction of sp³-hybridized carbons (Fsp3) is 1.00. The van der Waals surface area contributed by atoms with Gasteiger partial charge in [-0.15, -0.1) is 0 Å². The number of nitrogens with two attached hydrogens (primary N) is 2. The molecule has 0 spiro atoms. The maximum atomic E-state index is 10.9. The summed E-state index contributed by atoms with van der Waals surface area (Å²) in [5.74, 6) is 0. The van der Waals surface area contributed by atoms with Gasteiger partial charge in [-0.1, -0.05) is 0 Å². The van der Waals surface area contributed by atoms with Crippen LogP contribution in [0.4, 0.5) is 0 Å². The molecule has 12 heavy (non-hydrogen) atoms. The van der Waals surface area contributed by atoms with Crippen molar-refractivity contribution < 1.29 is 4.57 Å². The number of hydrogen-bond acceptors (Lipinski definition) is 3. The summed E-state index contributed by atoms with van der Waals surface area (Å²) >= 11 is 0. The average Bonchev–Trinajstić information content (AvgIpc) is 2.11. The largest absolute Gasteiger partial charge is 0.330 e. The van der Waals surface area contributed by atoms with Gasteiger partial charge in [0, 0.05) is 5.16 Å². The first-order valence-corrected chi connectivity index (χ1v) is 5.24. The SMILES string of the molecule is CC(CCCN)(CCCN)P=O. The summed E-state index contributed by atoms with van der Waals surface area (Å²) in [6.45, 7) is 3.37. The second-order valence-corrected chi connectivity index (χ2v) is 4.63. The van der Waals surface area contributed by atoms with Crippen molar-refractivity contribution in [2.75, 3.05) is 13.1 Å². The van der Waals surface area contributed by atoms with Crippen LogP contribution in [0.25, 0.3) is 0 Å². The lowest BCUT2D eigenvalue weighted by Crippen LogP contribution is -2.19. The maximum Gasteiger partial charge on any atom is 0.161 e. The molecule has 0 aliphatic rings. The van der Waals surface area contributed by atoms with Gasteiger partial charge >= 0.3 is 0 Å². The van der Waals surface area contributed by atoms with Crippen LogP contribution in [0.15, 0.2) is 0 Å². The number of rotatable bonds is 7. The van der Waals surface area contributed by atoms with Crippen LogP contribution in [0.1, 0.15) is 32.6 Å². The van der Waals surface area contributed by atoms with Crippen LogP contribution < -0.4 is 11.5 Å². The predicted octanol–water partition coefficient (Wildman–Crippen LogP) is 1.51. The number of hydrogen-bond donors (Lipinski definition) is 2. The lowest BCUT2D eigenvalue weighted by atomic mass is 9.98. The third kappa shape index (κ3) is 4.81. The van der Waals surface area contributed by atoms with E-state index in [4.69, 9.17) is 11.5 Å². The van der Waals surface area contributed by atoms with Crippen LogP contribution in [-0.4, -0.2) is 18.2 Å². The van der Waals surface area contributed by atoms with E-state index in [-0.39, 0.29) is 13.6 Å². The van der Waals surface area contributed by atoms with Gasteiger partial charge in [0.05, 0.1) is 0 Å². The average molecular weight is 190 g/mol. The molecule has 0 bridgehead atoms. The Morgan fingerprint density at radius 2 is 1.58 bits per heavy atom. The lowest BCUT2D eigenvalue weighted by Gasteiger charge is -2.20. The van der Waals surface area contributed by atoms with Crippen LogP contribution in [0.2, 0.25) is 0 Å². The van der Waals surface area contributed by atoms with Gasteiger partial charge in [-0.2, -0.15) is 0 Å². The van der Waals surface area contributed by atoms with Gasteiger partial charge in [0.1, 0.15) is 0 Å². The van der Waals surface area contributed by atoms with E-state index in [0.717, 1.165) is 25.7 Å². The van der Waals surface area contributed by atoms with Gasteiger partial charge in [-0.25, -0.2) is 0 Å². The molecule has 0 saturated carbocycles.